The number of hydrogen-bond acceptors (Lipinski definition) is 3. The molecule has 0 atom stereocenters. The molecule has 2 aromatic rings. The number of H-pyrrole nitrogens is 1. The number of benzene rings is 1. The minimum Gasteiger partial charge on any atom is -0.384 e. The van der Waals surface area contributed by atoms with Crippen molar-refractivity contribution in [2.75, 3.05) is 11.9 Å². The summed E-state index contributed by atoms with van der Waals surface area (Å²) in [5, 5.41) is 6.75. The number of pyridine rings is 1. The molecule has 1 aliphatic rings. The van der Waals surface area contributed by atoms with Crippen molar-refractivity contribution >= 4 is 39.1 Å². The molecule has 1 fully saturated rings. The Labute approximate surface area is 178 Å². The Balaban J connectivity index is 1.73. The van der Waals surface area contributed by atoms with E-state index in [1.807, 2.05) is 26.0 Å². The smallest absolute Gasteiger partial charge is 0.253 e. The lowest BCUT2D eigenvalue weighted by Crippen LogP contribution is -2.28. The fraction of sp³-hybridized carbons (Fsp3) is 0.429. The topological polar surface area (TPSA) is 74.0 Å². The van der Waals surface area contributed by atoms with Gasteiger partial charge in [-0.15, -0.1) is 0 Å². The van der Waals surface area contributed by atoms with Crippen molar-refractivity contribution in [3.63, 3.8) is 0 Å². The van der Waals surface area contributed by atoms with Crippen LogP contribution in [0, 0.1) is 19.8 Å². The van der Waals surface area contributed by atoms with Gasteiger partial charge in [0.15, 0.2) is 0 Å². The molecule has 150 valence electrons. The maximum absolute atomic E-state index is 12.8. The molecule has 1 saturated carbocycles. The lowest BCUT2D eigenvalue weighted by atomic mass is 10.1. The maximum atomic E-state index is 12.8. The van der Waals surface area contributed by atoms with Crippen molar-refractivity contribution in [3.05, 3.63) is 60.4 Å². The van der Waals surface area contributed by atoms with E-state index in [0.717, 1.165) is 23.5 Å². The number of anilines is 1. The number of hydrogen-bond donors (Lipinski definition) is 3. The Hall–Kier alpha value is -1.79. The molecule has 1 amide bonds. The number of amides is 1. The monoisotopic (exact) mass is 465 g/mol. The van der Waals surface area contributed by atoms with Gasteiger partial charge < -0.3 is 15.6 Å². The largest absolute Gasteiger partial charge is 0.384 e. The molecule has 0 saturated heterocycles. The van der Waals surface area contributed by atoms with Crippen LogP contribution in [0.2, 0.25) is 5.02 Å². The van der Waals surface area contributed by atoms with Crippen LogP contribution in [0.15, 0.2) is 27.5 Å². The summed E-state index contributed by atoms with van der Waals surface area (Å²) in [6.07, 6.45) is 5.05. The Bertz CT molecular complexity index is 936. The molecular weight excluding hydrogens is 442 g/mol. The van der Waals surface area contributed by atoms with Crippen LogP contribution in [-0.2, 0) is 6.54 Å². The summed E-state index contributed by atoms with van der Waals surface area (Å²) in [5.74, 6) is 0.386. The number of nitrogens with one attached hydrogen (secondary N) is 3. The summed E-state index contributed by atoms with van der Waals surface area (Å²) < 4.78 is 0.682. The van der Waals surface area contributed by atoms with Crippen LogP contribution >= 0.6 is 27.5 Å². The number of aromatic nitrogens is 1. The van der Waals surface area contributed by atoms with Gasteiger partial charge in [-0.05, 0) is 72.3 Å². The van der Waals surface area contributed by atoms with E-state index in [1.165, 1.54) is 25.7 Å². The summed E-state index contributed by atoms with van der Waals surface area (Å²) >= 11 is 9.79. The second-order valence-electron chi connectivity index (χ2n) is 7.47. The second kappa shape index (κ2) is 9.14. The SMILES string of the molecule is Cc1cc(C)c(CNC(=O)c2cc(Cl)cc(NCC3CCCC3)c2Br)c(=O)[nH]1. The number of carbonyl (C=O) groups is 1. The van der Waals surface area contributed by atoms with Crippen LogP contribution < -0.4 is 16.2 Å². The zero-order valence-corrected chi connectivity index (χ0v) is 18.5. The lowest BCUT2D eigenvalue weighted by molar-refractivity contribution is 0.0950. The van der Waals surface area contributed by atoms with Crippen LogP contribution in [0.3, 0.4) is 0 Å². The Morgan fingerprint density at radius 3 is 2.64 bits per heavy atom. The first-order valence-corrected chi connectivity index (χ1v) is 10.7. The molecule has 3 rings (SSSR count). The first-order chi connectivity index (χ1) is 13.3. The first-order valence-electron chi connectivity index (χ1n) is 9.55. The fourth-order valence-corrected chi connectivity index (χ4v) is 4.48. The third kappa shape index (κ3) is 4.97. The highest BCUT2D eigenvalue weighted by molar-refractivity contribution is 9.10. The molecular formula is C21H25BrClN3O2. The number of rotatable bonds is 6. The first kappa shape index (κ1) is 20.9. The zero-order chi connectivity index (χ0) is 20.3. The van der Waals surface area contributed by atoms with Crippen LogP contribution in [0.1, 0.15) is 52.9 Å². The van der Waals surface area contributed by atoms with Crippen molar-refractivity contribution in [3.8, 4) is 0 Å². The number of aromatic amines is 1. The van der Waals surface area contributed by atoms with E-state index < -0.39 is 0 Å². The average molecular weight is 467 g/mol. The summed E-state index contributed by atoms with van der Waals surface area (Å²) in [6, 6.07) is 5.35. The molecule has 0 bridgehead atoms. The molecule has 0 spiro atoms. The van der Waals surface area contributed by atoms with Crippen molar-refractivity contribution in [1.29, 1.82) is 0 Å². The number of halogens is 2. The molecule has 0 radical (unpaired) electrons. The van der Waals surface area contributed by atoms with Gasteiger partial charge in [0.05, 0.1) is 15.7 Å². The van der Waals surface area contributed by atoms with Crippen LogP contribution in [0.25, 0.3) is 0 Å². The third-order valence-electron chi connectivity index (χ3n) is 5.26. The van der Waals surface area contributed by atoms with E-state index in [-0.39, 0.29) is 18.0 Å². The van der Waals surface area contributed by atoms with Crippen molar-refractivity contribution in [1.82, 2.24) is 10.3 Å². The summed E-state index contributed by atoms with van der Waals surface area (Å²) in [6.45, 7) is 4.73. The summed E-state index contributed by atoms with van der Waals surface area (Å²) in [5.41, 5.74) is 3.29. The molecule has 1 aromatic heterocycles. The molecule has 0 unspecified atom stereocenters. The van der Waals surface area contributed by atoms with Crippen molar-refractivity contribution in [2.45, 2.75) is 46.1 Å². The van der Waals surface area contributed by atoms with Gasteiger partial charge in [-0.1, -0.05) is 24.4 Å². The van der Waals surface area contributed by atoms with Gasteiger partial charge in [0.1, 0.15) is 0 Å². The number of carbonyl (C=O) groups excluding carboxylic acids is 1. The van der Waals surface area contributed by atoms with E-state index in [9.17, 15) is 9.59 Å². The van der Waals surface area contributed by atoms with Gasteiger partial charge >= 0.3 is 0 Å². The molecule has 0 aliphatic heterocycles. The zero-order valence-electron chi connectivity index (χ0n) is 16.1. The predicted octanol–water partition coefficient (Wildman–Crippen LogP) is 4.94. The Morgan fingerprint density at radius 2 is 1.96 bits per heavy atom. The van der Waals surface area contributed by atoms with Gasteiger partial charge in [0, 0.05) is 29.4 Å². The third-order valence-corrected chi connectivity index (χ3v) is 6.33. The second-order valence-corrected chi connectivity index (χ2v) is 8.70. The quantitative estimate of drug-likeness (QED) is 0.564. The van der Waals surface area contributed by atoms with Crippen LogP contribution in [0.5, 0.6) is 0 Å². The van der Waals surface area contributed by atoms with Gasteiger partial charge in [-0.25, -0.2) is 0 Å². The Morgan fingerprint density at radius 1 is 1.25 bits per heavy atom. The molecule has 1 aromatic carbocycles. The average Bonchev–Trinajstić information content (AvgIpc) is 3.14. The van der Waals surface area contributed by atoms with Crippen LogP contribution in [-0.4, -0.2) is 17.4 Å². The van der Waals surface area contributed by atoms with E-state index in [1.54, 1.807) is 6.07 Å². The predicted molar refractivity (Wildman–Crippen MR) is 117 cm³/mol. The normalized spacial score (nSPS) is 14.3. The molecule has 1 aliphatic carbocycles. The maximum Gasteiger partial charge on any atom is 0.253 e. The number of aryl methyl sites for hydroxylation is 2. The summed E-state index contributed by atoms with van der Waals surface area (Å²) in [4.78, 5) is 27.7. The van der Waals surface area contributed by atoms with E-state index in [0.29, 0.717) is 26.5 Å². The standard InChI is InChI=1S/C21H25BrClN3O2/c1-12-7-13(2)26-21(28)17(12)11-25-20(27)16-8-15(23)9-18(19(16)22)24-10-14-5-3-4-6-14/h7-9,14,24H,3-6,10-11H2,1-2H3,(H,25,27)(H,26,28). The summed E-state index contributed by atoms with van der Waals surface area (Å²) in [7, 11) is 0. The van der Waals surface area contributed by atoms with Crippen molar-refractivity contribution in [2.24, 2.45) is 5.92 Å². The highest BCUT2D eigenvalue weighted by Gasteiger charge is 2.18. The molecule has 7 heteroatoms. The van der Waals surface area contributed by atoms with Gasteiger partial charge in [-0.3, -0.25) is 9.59 Å². The van der Waals surface area contributed by atoms with E-state index in [4.69, 9.17) is 11.6 Å². The lowest BCUT2D eigenvalue weighted by Gasteiger charge is -2.16. The van der Waals surface area contributed by atoms with E-state index in [2.05, 4.69) is 31.5 Å². The minimum absolute atomic E-state index is 0.157. The van der Waals surface area contributed by atoms with Crippen LogP contribution in [0.4, 0.5) is 5.69 Å². The van der Waals surface area contributed by atoms with Gasteiger partial charge in [-0.2, -0.15) is 0 Å². The highest BCUT2D eigenvalue weighted by Crippen LogP contribution is 2.32. The van der Waals surface area contributed by atoms with Crippen molar-refractivity contribution < 1.29 is 4.79 Å². The van der Waals surface area contributed by atoms with Gasteiger partial charge in [0.25, 0.3) is 11.5 Å². The Kier molecular flexibility index (Phi) is 6.83. The fourth-order valence-electron chi connectivity index (χ4n) is 3.72. The molecule has 1 heterocycles. The molecule has 5 nitrogen and oxygen atoms in total. The van der Waals surface area contributed by atoms with Gasteiger partial charge in [0.2, 0.25) is 0 Å². The molecule has 3 N–H and O–H groups in total. The molecule has 28 heavy (non-hydrogen) atoms. The van der Waals surface area contributed by atoms with E-state index >= 15 is 0 Å². The minimum atomic E-state index is -0.280. The highest BCUT2D eigenvalue weighted by atomic mass is 79.9.